The number of benzene rings is 1. The van der Waals surface area contributed by atoms with Crippen LogP contribution in [0.25, 0.3) is 10.6 Å². The molecule has 4 rings (SSSR count). The Morgan fingerprint density at radius 1 is 1.24 bits per heavy atom. The van der Waals surface area contributed by atoms with E-state index in [0.717, 1.165) is 29.1 Å². The molecule has 128 valence electrons. The molecule has 25 heavy (non-hydrogen) atoms. The van der Waals surface area contributed by atoms with E-state index < -0.39 is 0 Å². The van der Waals surface area contributed by atoms with Crippen molar-refractivity contribution in [1.82, 2.24) is 9.88 Å². The summed E-state index contributed by atoms with van der Waals surface area (Å²) < 4.78 is 13.4. The van der Waals surface area contributed by atoms with E-state index in [9.17, 15) is 9.18 Å². The van der Waals surface area contributed by atoms with Gasteiger partial charge in [0.1, 0.15) is 10.8 Å². The lowest BCUT2D eigenvalue weighted by Gasteiger charge is -2.21. The Morgan fingerprint density at radius 3 is 2.84 bits per heavy atom. The van der Waals surface area contributed by atoms with Gasteiger partial charge in [0.2, 0.25) is 5.91 Å². The molecule has 3 aromatic rings. The zero-order valence-electron chi connectivity index (χ0n) is 13.5. The number of nitrogens with zero attached hydrogens (tertiary/aromatic N) is 2. The van der Waals surface area contributed by atoms with Crippen molar-refractivity contribution in [2.24, 2.45) is 0 Å². The Bertz CT molecular complexity index is 871. The van der Waals surface area contributed by atoms with Crippen LogP contribution in [0.2, 0.25) is 0 Å². The first-order valence-electron chi connectivity index (χ1n) is 8.21. The number of carbonyl (C=O) groups excluding carboxylic acids is 1. The van der Waals surface area contributed by atoms with Gasteiger partial charge in [-0.15, -0.1) is 22.7 Å². The van der Waals surface area contributed by atoms with Crippen molar-refractivity contribution in [3.8, 4) is 10.6 Å². The fraction of sp³-hybridized carbons (Fsp3) is 0.263. The van der Waals surface area contributed by atoms with E-state index in [1.807, 2.05) is 27.8 Å². The molecule has 0 bridgehead atoms. The number of hydrogen-bond acceptors (Lipinski definition) is 4. The average Bonchev–Trinajstić information content (AvgIpc) is 3.11. The lowest BCUT2D eigenvalue weighted by Crippen LogP contribution is -2.33. The topological polar surface area (TPSA) is 33.2 Å². The molecule has 0 aliphatic heterocycles. The number of halogens is 1. The first-order chi connectivity index (χ1) is 12.2. The summed E-state index contributed by atoms with van der Waals surface area (Å²) in [5, 5.41) is 4.68. The van der Waals surface area contributed by atoms with Crippen LogP contribution >= 0.6 is 22.7 Å². The van der Waals surface area contributed by atoms with Crippen LogP contribution in [0.15, 0.2) is 47.2 Å². The maximum atomic E-state index is 13.4. The number of aromatic nitrogens is 1. The van der Waals surface area contributed by atoms with E-state index >= 15 is 0 Å². The van der Waals surface area contributed by atoms with Crippen LogP contribution in [0.5, 0.6) is 0 Å². The van der Waals surface area contributed by atoms with E-state index in [-0.39, 0.29) is 11.7 Å². The quantitative estimate of drug-likeness (QED) is 0.626. The van der Waals surface area contributed by atoms with Crippen LogP contribution in [-0.4, -0.2) is 21.8 Å². The third-order valence-electron chi connectivity index (χ3n) is 4.17. The number of thiazole rings is 1. The Kier molecular flexibility index (Phi) is 4.63. The molecule has 1 aliphatic rings. The molecule has 0 spiro atoms. The van der Waals surface area contributed by atoms with Crippen molar-refractivity contribution in [3.63, 3.8) is 0 Å². The van der Waals surface area contributed by atoms with Gasteiger partial charge in [-0.3, -0.25) is 4.79 Å². The number of thiophene rings is 1. The number of hydrogen-bond donors (Lipinski definition) is 0. The summed E-state index contributed by atoms with van der Waals surface area (Å²) >= 11 is 3.13. The van der Waals surface area contributed by atoms with Crippen LogP contribution in [-0.2, 0) is 17.8 Å². The van der Waals surface area contributed by atoms with E-state index in [2.05, 4.69) is 11.1 Å². The van der Waals surface area contributed by atoms with E-state index in [1.54, 1.807) is 17.4 Å². The molecular formula is C19H17FN2OS2. The minimum Gasteiger partial charge on any atom is -0.334 e. The third kappa shape index (κ3) is 3.96. The van der Waals surface area contributed by atoms with Crippen molar-refractivity contribution >= 4 is 28.6 Å². The fourth-order valence-electron chi connectivity index (χ4n) is 2.78. The second-order valence-corrected chi connectivity index (χ2v) is 8.05. The van der Waals surface area contributed by atoms with Gasteiger partial charge in [-0.2, -0.15) is 0 Å². The van der Waals surface area contributed by atoms with Crippen LogP contribution < -0.4 is 0 Å². The molecule has 3 nitrogen and oxygen atoms in total. The minimum atomic E-state index is -0.277. The van der Waals surface area contributed by atoms with Crippen molar-refractivity contribution < 1.29 is 9.18 Å². The zero-order chi connectivity index (χ0) is 17.2. The molecule has 6 heteroatoms. The molecule has 1 amide bonds. The van der Waals surface area contributed by atoms with Gasteiger partial charge in [0.25, 0.3) is 0 Å². The monoisotopic (exact) mass is 372 g/mol. The first-order valence-corrected chi connectivity index (χ1v) is 9.97. The summed E-state index contributed by atoms with van der Waals surface area (Å²) in [5.41, 5.74) is 1.51. The Hall–Kier alpha value is -2.05. The SMILES string of the molecule is O=C(Cc1csc(-c2cccc(F)c2)n1)N(Cc1cccs1)C1CC1. The number of rotatable bonds is 6. The minimum absolute atomic E-state index is 0.118. The lowest BCUT2D eigenvalue weighted by atomic mass is 10.2. The smallest absolute Gasteiger partial charge is 0.229 e. The van der Waals surface area contributed by atoms with Crippen LogP contribution in [0.4, 0.5) is 4.39 Å². The molecule has 0 saturated heterocycles. The van der Waals surface area contributed by atoms with Gasteiger partial charge in [0, 0.05) is 21.9 Å². The molecule has 1 aliphatic carbocycles. The average molecular weight is 372 g/mol. The highest BCUT2D eigenvalue weighted by Crippen LogP contribution is 2.30. The second kappa shape index (κ2) is 7.06. The summed E-state index contributed by atoms with van der Waals surface area (Å²) in [5.74, 6) is -0.159. The first kappa shape index (κ1) is 16.4. The fourth-order valence-corrected chi connectivity index (χ4v) is 4.30. The van der Waals surface area contributed by atoms with Gasteiger partial charge in [-0.1, -0.05) is 18.2 Å². The highest BCUT2D eigenvalue weighted by atomic mass is 32.1. The van der Waals surface area contributed by atoms with E-state index in [4.69, 9.17) is 0 Å². The van der Waals surface area contributed by atoms with Gasteiger partial charge in [-0.05, 0) is 36.4 Å². The van der Waals surface area contributed by atoms with Crippen LogP contribution in [0.1, 0.15) is 23.4 Å². The van der Waals surface area contributed by atoms with Crippen LogP contribution in [0.3, 0.4) is 0 Å². The van der Waals surface area contributed by atoms with Gasteiger partial charge in [-0.25, -0.2) is 9.37 Å². The maximum Gasteiger partial charge on any atom is 0.229 e. The molecular weight excluding hydrogens is 355 g/mol. The number of amides is 1. The number of carbonyl (C=O) groups is 1. The molecule has 0 atom stereocenters. The lowest BCUT2D eigenvalue weighted by molar-refractivity contribution is -0.131. The highest BCUT2D eigenvalue weighted by molar-refractivity contribution is 7.13. The predicted octanol–water partition coefficient (Wildman–Crippen LogP) is 4.74. The van der Waals surface area contributed by atoms with E-state index in [1.165, 1.54) is 28.3 Å². The Morgan fingerprint density at radius 2 is 2.12 bits per heavy atom. The third-order valence-corrected chi connectivity index (χ3v) is 5.97. The molecule has 0 N–H and O–H groups in total. The normalized spacial score (nSPS) is 13.8. The summed E-state index contributed by atoms with van der Waals surface area (Å²) in [6.07, 6.45) is 2.47. The van der Waals surface area contributed by atoms with Crippen molar-refractivity contribution in [3.05, 3.63) is 63.5 Å². The van der Waals surface area contributed by atoms with Crippen molar-refractivity contribution in [2.45, 2.75) is 31.8 Å². The second-order valence-electron chi connectivity index (χ2n) is 6.16. The molecule has 1 aromatic carbocycles. The molecule has 1 saturated carbocycles. The standard InChI is InChI=1S/C19H17FN2OS2/c20-14-4-1-3-13(9-14)19-21-15(12-25-19)10-18(23)22(16-6-7-16)11-17-5-2-8-24-17/h1-5,8-9,12,16H,6-7,10-11H2. The summed E-state index contributed by atoms with van der Waals surface area (Å²) in [6, 6.07) is 10.8. The van der Waals surface area contributed by atoms with Gasteiger partial charge >= 0.3 is 0 Å². The Labute approximate surface area is 153 Å². The molecule has 2 aromatic heterocycles. The van der Waals surface area contributed by atoms with Gasteiger partial charge < -0.3 is 4.90 Å². The zero-order valence-corrected chi connectivity index (χ0v) is 15.2. The van der Waals surface area contributed by atoms with Crippen molar-refractivity contribution in [1.29, 1.82) is 0 Å². The predicted molar refractivity (Wildman–Crippen MR) is 99.1 cm³/mol. The maximum absolute atomic E-state index is 13.4. The van der Waals surface area contributed by atoms with Gasteiger partial charge in [0.15, 0.2) is 0 Å². The summed E-state index contributed by atoms with van der Waals surface area (Å²) in [4.78, 5) is 20.5. The van der Waals surface area contributed by atoms with Crippen molar-refractivity contribution in [2.75, 3.05) is 0 Å². The Balaban J connectivity index is 1.46. The van der Waals surface area contributed by atoms with E-state index in [0.29, 0.717) is 19.0 Å². The summed E-state index contributed by atoms with van der Waals surface area (Å²) in [6.45, 7) is 0.683. The van der Waals surface area contributed by atoms with Gasteiger partial charge in [0.05, 0.1) is 18.7 Å². The molecule has 1 fully saturated rings. The molecule has 0 radical (unpaired) electrons. The largest absolute Gasteiger partial charge is 0.334 e. The molecule has 2 heterocycles. The molecule has 0 unspecified atom stereocenters. The highest BCUT2D eigenvalue weighted by Gasteiger charge is 2.32. The summed E-state index contributed by atoms with van der Waals surface area (Å²) in [7, 11) is 0. The van der Waals surface area contributed by atoms with Crippen LogP contribution in [0, 0.1) is 5.82 Å².